The molecule has 1 heterocycles. The molecule has 0 aliphatic carbocycles. The minimum atomic E-state index is -0.514. The Morgan fingerprint density at radius 2 is 2.04 bits per heavy atom. The summed E-state index contributed by atoms with van der Waals surface area (Å²) in [7, 11) is 0. The summed E-state index contributed by atoms with van der Waals surface area (Å²) in [5.74, 6) is -0.655. The number of carbonyl (C=O) groups excluding carboxylic acids is 1. The first kappa shape index (κ1) is 19.1. The van der Waals surface area contributed by atoms with E-state index in [0.717, 1.165) is 0 Å². The molecule has 1 amide bonds. The van der Waals surface area contributed by atoms with Crippen LogP contribution in [0.2, 0.25) is 0 Å². The highest BCUT2D eigenvalue weighted by atomic mass is 32.2. The number of amides is 1. The maximum absolute atomic E-state index is 13.7. The quantitative estimate of drug-likeness (QED) is 0.533. The first-order valence-corrected chi connectivity index (χ1v) is 9.52. The van der Waals surface area contributed by atoms with E-state index in [1.54, 1.807) is 48.7 Å². The van der Waals surface area contributed by atoms with Crippen molar-refractivity contribution < 1.29 is 9.18 Å². The fourth-order valence-corrected chi connectivity index (χ4v) is 3.62. The third-order valence-corrected chi connectivity index (χ3v) is 5.32. The van der Waals surface area contributed by atoms with Gasteiger partial charge in [0.1, 0.15) is 5.82 Å². The number of aryl methyl sites for hydroxylation is 1. The molecule has 0 radical (unpaired) electrons. The molecular formula is C20H20FN3O2S. The first-order chi connectivity index (χ1) is 12.9. The van der Waals surface area contributed by atoms with Crippen LogP contribution in [0.25, 0.3) is 10.9 Å². The van der Waals surface area contributed by atoms with E-state index in [-0.39, 0.29) is 17.3 Å². The summed E-state index contributed by atoms with van der Waals surface area (Å²) in [4.78, 5) is 29.7. The molecule has 0 bridgehead atoms. The monoisotopic (exact) mass is 385 g/mol. The molecule has 140 valence electrons. The van der Waals surface area contributed by atoms with Gasteiger partial charge in [-0.05, 0) is 50.6 Å². The lowest BCUT2D eigenvalue weighted by atomic mass is 10.2. The van der Waals surface area contributed by atoms with Gasteiger partial charge in [0.25, 0.3) is 5.56 Å². The number of aromatic nitrogens is 2. The lowest BCUT2D eigenvalue weighted by Gasteiger charge is -2.15. The third-order valence-electron chi connectivity index (χ3n) is 4.23. The molecule has 0 fully saturated rings. The maximum atomic E-state index is 13.7. The largest absolute Gasteiger partial charge is 0.325 e. The highest BCUT2D eigenvalue weighted by molar-refractivity contribution is 8.00. The molecule has 1 unspecified atom stereocenters. The number of hydrogen-bond acceptors (Lipinski definition) is 4. The van der Waals surface area contributed by atoms with E-state index in [0.29, 0.717) is 33.9 Å². The van der Waals surface area contributed by atoms with Crippen molar-refractivity contribution in [2.24, 2.45) is 0 Å². The Morgan fingerprint density at radius 3 is 2.74 bits per heavy atom. The van der Waals surface area contributed by atoms with Crippen molar-refractivity contribution in [3.05, 3.63) is 64.2 Å². The molecule has 0 spiro atoms. The van der Waals surface area contributed by atoms with Crippen molar-refractivity contribution in [1.29, 1.82) is 0 Å². The second-order valence-electron chi connectivity index (χ2n) is 6.17. The first-order valence-electron chi connectivity index (χ1n) is 8.64. The van der Waals surface area contributed by atoms with Gasteiger partial charge in [0, 0.05) is 12.2 Å². The third kappa shape index (κ3) is 4.03. The molecule has 7 heteroatoms. The zero-order chi connectivity index (χ0) is 19.6. The minimum absolute atomic E-state index is 0.126. The molecule has 1 N–H and O–H groups in total. The number of anilines is 1. The van der Waals surface area contributed by atoms with Gasteiger partial charge in [0.15, 0.2) is 5.16 Å². The van der Waals surface area contributed by atoms with Gasteiger partial charge < -0.3 is 5.32 Å². The number of thioether (sulfide) groups is 1. The summed E-state index contributed by atoms with van der Waals surface area (Å²) < 4.78 is 15.2. The van der Waals surface area contributed by atoms with Gasteiger partial charge >= 0.3 is 0 Å². The zero-order valence-electron chi connectivity index (χ0n) is 15.3. The van der Waals surface area contributed by atoms with Gasteiger partial charge in [0.05, 0.1) is 16.2 Å². The number of rotatable bonds is 5. The van der Waals surface area contributed by atoms with Crippen molar-refractivity contribution in [3.8, 4) is 0 Å². The lowest BCUT2D eigenvalue weighted by Crippen LogP contribution is -2.26. The van der Waals surface area contributed by atoms with Crippen molar-refractivity contribution in [2.45, 2.75) is 37.7 Å². The number of nitrogens with one attached hydrogen (secondary N) is 1. The Bertz CT molecular complexity index is 1060. The van der Waals surface area contributed by atoms with Crippen LogP contribution < -0.4 is 10.9 Å². The molecule has 0 aliphatic heterocycles. The van der Waals surface area contributed by atoms with E-state index >= 15 is 0 Å². The van der Waals surface area contributed by atoms with Gasteiger partial charge in [-0.15, -0.1) is 0 Å². The predicted octanol–water partition coefficient (Wildman–Crippen LogP) is 3.98. The summed E-state index contributed by atoms with van der Waals surface area (Å²) in [6.07, 6.45) is 0. The highest BCUT2D eigenvalue weighted by Crippen LogP contribution is 2.24. The van der Waals surface area contributed by atoms with Crippen LogP contribution in [-0.2, 0) is 11.3 Å². The number of benzene rings is 2. The molecular weight excluding hydrogens is 365 g/mol. The van der Waals surface area contributed by atoms with E-state index in [1.165, 1.54) is 17.8 Å². The fraction of sp³-hybridized carbons (Fsp3) is 0.250. The SMILES string of the molecule is CCn1c(SC(C)C(=O)Nc2ccc(C)c(F)c2)nc2ccccc2c1=O. The van der Waals surface area contributed by atoms with Crippen molar-refractivity contribution in [3.63, 3.8) is 0 Å². The normalized spacial score (nSPS) is 12.1. The van der Waals surface area contributed by atoms with Gasteiger partial charge in [-0.1, -0.05) is 30.0 Å². The Labute approximate surface area is 160 Å². The minimum Gasteiger partial charge on any atom is -0.325 e. The van der Waals surface area contributed by atoms with Gasteiger partial charge in [-0.2, -0.15) is 0 Å². The summed E-state index contributed by atoms with van der Waals surface area (Å²) in [5.41, 5.74) is 1.39. The smallest absolute Gasteiger partial charge is 0.262 e. The Hall–Kier alpha value is -2.67. The van der Waals surface area contributed by atoms with Crippen molar-refractivity contribution in [1.82, 2.24) is 9.55 Å². The van der Waals surface area contributed by atoms with Gasteiger partial charge in [0.2, 0.25) is 5.91 Å². The Balaban J connectivity index is 1.84. The van der Waals surface area contributed by atoms with Crippen LogP contribution >= 0.6 is 11.8 Å². The lowest BCUT2D eigenvalue weighted by molar-refractivity contribution is -0.115. The number of hydrogen-bond donors (Lipinski definition) is 1. The number of fused-ring (bicyclic) bond motifs is 1. The molecule has 1 atom stereocenters. The van der Waals surface area contributed by atoms with Crippen molar-refractivity contribution >= 4 is 34.3 Å². The topological polar surface area (TPSA) is 64.0 Å². The number of nitrogens with zero attached hydrogens (tertiary/aromatic N) is 2. The summed E-state index contributed by atoms with van der Waals surface area (Å²) in [5, 5.41) is 3.23. The summed E-state index contributed by atoms with van der Waals surface area (Å²) in [6.45, 7) is 5.71. The second kappa shape index (κ2) is 7.92. The molecule has 1 aromatic heterocycles. The van der Waals surface area contributed by atoms with Crippen molar-refractivity contribution in [2.75, 3.05) is 5.32 Å². The van der Waals surface area contributed by atoms with E-state index in [9.17, 15) is 14.0 Å². The van der Waals surface area contributed by atoms with Crippen LogP contribution in [-0.4, -0.2) is 20.7 Å². The Morgan fingerprint density at radius 1 is 1.30 bits per heavy atom. The average molecular weight is 385 g/mol. The van der Waals surface area contributed by atoms with E-state index < -0.39 is 5.25 Å². The van der Waals surface area contributed by atoms with E-state index in [2.05, 4.69) is 10.3 Å². The van der Waals surface area contributed by atoms with Crippen LogP contribution in [0.15, 0.2) is 52.4 Å². The number of halogens is 1. The maximum Gasteiger partial charge on any atom is 0.262 e. The highest BCUT2D eigenvalue weighted by Gasteiger charge is 2.19. The molecule has 0 saturated carbocycles. The number of carbonyl (C=O) groups is 1. The van der Waals surface area contributed by atoms with Gasteiger partial charge in [-0.3, -0.25) is 14.2 Å². The van der Waals surface area contributed by atoms with E-state index in [4.69, 9.17) is 0 Å². The second-order valence-corrected chi connectivity index (χ2v) is 7.48. The van der Waals surface area contributed by atoms with Crippen LogP contribution in [0.4, 0.5) is 10.1 Å². The summed E-state index contributed by atoms with van der Waals surface area (Å²) in [6, 6.07) is 11.7. The molecule has 3 rings (SSSR count). The molecule has 0 aliphatic rings. The van der Waals surface area contributed by atoms with Crippen LogP contribution in [0.3, 0.4) is 0 Å². The predicted molar refractivity (Wildman–Crippen MR) is 107 cm³/mol. The average Bonchev–Trinajstić information content (AvgIpc) is 2.65. The molecule has 0 saturated heterocycles. The van der Waals surface area contributed by atoms with Crippen LogP contribution in [0.5, 0.6) is 0 Å². The molecule has 27 heavy (non-hydrogen) atoms. The standard InChI is InChI=1S/C20H20FN3O2S/c1-4-24-19(26)15-7-5-6-8-17(15)23-20(24)27-13(3)18(25)22-14-10-9-12(2)16(21)11-14/h5-11,13H,4H2,1-3H3,(H,22,25). The Kier molecular flexibility index (Phi) is 5.60. The molecule has 3 aromatic rings. The summed E-state index contributed by atoms with van der Waals surface area (Å²) >= 11 is 1.20. The van der Waals surface area contributed by atoms with Crippen LogP contribution in [0, 0.1) is 12.7 Å². The molecule has 5 nitrogen and oxygen atoms in total. The zero-order valence-corrected chi connectivity index (χ0v) is 16.1. The van der Waals surface area contributed by atoms with Crippen LogP contribution in [0.1, 0.15) is 19.4 Å². The van der Waals surface area contributed by atoms with Gasteiger partial charge in [-0.25, -0.2) is 9.37 Å². The van der Waals surface area contributed by atoms with E-state index in [1.807, 2.05) is 13.0 Å². The molecule has 2 aromatic carbocycles. The number of para-hydroxylation sites is 1. The fourth-order valence-electron chi connectivity index (χ4n) is 2.64.